The summed E-state index contributed by atoms with van der Waals surface area (Å²) in [7, 11) is 0. The van der Waals surface area contributed by atoms with Crippen molar-refractivity contribution >= 4 is 11.6 Å². The highest BCUT2D eigenvalue weighted by Crippen LogP contribution is 2.15. The van der Waals surface area contributed by atoms with Gasteiger partial charge in [-0.05, 0) is 32.0 Å². The van der Waals surface area contributed by atoms with E-state index < -0.39 is 5.54 Å². The molecule has 0 aromatic heterocycles. The first-order valence-electron chi connectivity index (χ1n) is 4.61. The van der Waals surface area contributed by atoms with Gasteiger partial charge in [-0.2, -0.15) is 0 Å². The van der Waals surface area contributed by atoms with E-state index in [2.05, 4.69) is 11.2 Å². The van der Waals surface area contributed by atoms with Gasteiger partial charge in [0.05, 0.1) is 5.54 Å². The monoisotopic (exact) mass is 225 g/mol. The Bertz CT molecular complexity index is 393. The summed E-state index contributed by atoms with van der Waals surface area (Å²) in [6, 6.07) is 4.46. The summed E-state index contributed by atoms with van der Waals surface area (Å²) in [5.41, 5.74) is 0.0696. The first kappa shape index (κ1) is 12.0. The van der Waals surface area contributed by atoms with Crippen molar-refractivity contribution in [2.75, 3.05) is 0 Å². The molecule has 1 nitrogen and oxygen atoms in total. The third-order valence-electron chi connectivity index (χ3n) is 2.09. The molecule has 0 unspecified atom stereocenters. The van der Waals surface area contributed by atoms with Gasteiger partial charge in [-0.25, -0.2) is 4.39 Å². The van der Waals surface area contributed by atoms with Gasteiger partial charge in [-0.3, -0.25) is 5.32 Å². The number of hydrogen-bond donors (Lipinski definition) is 1. The first-order valence-corrected chi connectivity index (χ1v) is 4.99. The number of benzene rings is 1. The van der Waals surface area contributed by atoms with Crippen molar-refractivity contribution in [2.45, 2.75) is 25.9 Å². The molecule has 15 heavy (non-hydrogen) atoms. The van der Waals surface area contributed by atoms with Crippen molar-refractivity contribution in [3.05, 3.63) is 34.6 Å². The van der Waals surface area contributed by atoms with Crippen molar-refractivity contribution in [2.24, 2.45) is 0 Å². The third-order valence-corrected chi connectivity index (χ3v) is 2.32. The lowest BCUT2D eigenvalue weighted by Crippen LogP contribution is -2.37. The maximum Gasteiger partial charge on any atom is 0.127 e. The van der Waals surface area contributed by atoms with Gasteiger partial charge in [0.1, 0.15) is 5.82 Å². The fourth-order valence-electron chi connectivity index (χ4n) is 1.05. The lowest BCUT2D eigenvalue weighted by Gasteiger charge is -2.19. The Kier molecular flexibility index (Phi) is 3.73. The minimum absolute atomic E-state index is 0.278. The molecule has 1 N–H and O–H groups in total. The summed E-state index contributed by atoms with van der Waals surface area (Å²) in [6.45, 7) is 4.08. The van der Waals surface area contributed by atoms with Crippen LogP contribution in [0.5, 0.6) is 0 Å². The Morgan fingerprint density at radius 1 is 1.53 bits per heavy atom. The number of terminal acetylenes is 1. The highest BCUT2D eigenvalue weighted by molar-refractivity contribution is 6.30. The molecule has 3 heteroatoms. The van der Waals surface area contributed by atoms with E-state index in [1.807, 2.05) is 13.8 Å². The molecule has 1 aromatic rings. The van der Waals surface area contributed by atoms with E-state index in [-0.39, 0.29) is 5.82 Å². The van der Waals surface area contributed by atoms with E-state index >= 15 is 0 Å². The molecule has 0 aliphatic carbocycles. The van der Waals surface area contributed by atoms with Gasteiger partial charge in [0.15, 0.2) is 0 Å². The molecule has 0 heterocycles. The molecule has 0 atom stereocenters. The lowest BCUT2D eigenvalue weighted by atomic mass is 10.1. The summed E-state index contributed by atoms with van der Waals surface area (Å²) in [5.74, 6) is 2.30. The Morgan fingerprint density at radius 2 is 2.20 bits per heavy atom. The van der Waals surface area contributed by atoms with Crippen LogP contribution in [0.15, 0.2) is 18.2 Å². The molecule has 1 aromatic carbocycles. The standard InChI is InChI=1S/C12H13ClFN/c1-4-12(2,3)15-8-9-7-10(13)5-6-11(9)14/h1,5-7,15H,8H2,2-3H3. The molecule has 0 aliphatic heterocycles. The molecule has 1 rings (SSSR count). The second-order valence-electron chi connectivity index (χ2n) is 3.86. The molecule has 0 amide bonds. The molecule has 0 fully saturated rings. The van der Waals surface area contributed by atoms with E-state index in [9.17, 15) is 4.39 Å². The van der Waals surface area contributed by atoms with Gasteiger partial charge >= 0.3 is 0 Å². The van der Waals surface area contributed by atoms with Gasteiger partial charge in [0, 0.05) is 17.1 Å². The summed E-state index contributed by atoms with van der Waals surface area (Å²) in [4.78, 5) is 0. The van der Waals surface area contributed by atoms with E-state index in [0.29, 0.717) is 17.1 Å². The normalized spacial score (nSPS) is 11.1. The average molecular weight is 226 g/mol. The topological polar surface area (TPSA) is 12.0 Å². The maximum atomic E-state index is 13.3. The van der Waals surface area contributed by atoms with E-state index in [1.54, 1.807) is 6.07 Å². The molecule has 0 saturated heterocycles. The number of nitrogens with one attached hydrogen (secondary N) is 1. The van der Waals surface area contributed by atoms with E-state index in [0.717, 1.165) is 0 Å². The summed E-state index contributed by atoms with van der Waals surface area (Å²) >= 11 is 5.77. The summed E-state index contributed by atoms with van der Waals surface area (Å²) in [5, 5.41) is 3.58. The summed E-state index contributed by atoms with van der Waals surface area (Å²) < 4.78 is 13.3. The average Bonchev–Trinajstić information content (AvgIpc) is 2.20. The maximum absolute atomic E-state index is 13.3. The second kappa shape index (κ2) is 4.65. The zero-order chi connectivity index (χ0) is 11.5. The molecular formula is C12H13ClFN. The van der Waals surface area contributed by atoms with Crippen molar-refractivity contribution in [1.82, 2.24) is 5.32 Å². The van der Waals surface area contributed by atoms with Crippen LogP contribution in [0.4, 0.5) is 4.39 Å². The second-order valence-corrected chi connectivity index (χ2v) is 4.30. The Morgan fingerprint density at radius 3 is 2.80 bits per heavy atom. The van der Waals surface area contributed by atoms with Crippen molar-refractivity contribution in [1.29, 1.82) is 0 Å². The van der Waals surface area contributed by atoms with Crippen LogP contribution < -0.4 is 5.32 Å². The highest BCUT2D eigenvalue weighted by atomic mass is 35.5. The fourth-order valence-corrected chi connectivity index (χ4v) is 1.24. The quantitative estimate of drug-likeness (QED) is 0.780. The van der Waals surface area contributed by atoms with Gasteiger partial charge in [-0.15, -0.1) is 6.42 Å². The SMILES string of the molecule is C#CC(C)(C)NCc1cc(Cl)ccc1F. The van der Waals surface area contributed by atoms with Crippen LogP contribution in [-0.2, 0) is 6.54 Å². The predicted octanol–water partition coefficient (Wildman–Crippen LogP) is 2.98. The van der Waals surface area contributed by atoms with Crippen LogP contribution in [0.25, 0.3) is 0 Å². The van der Waals surface area contributed by atoms with Crippen LogP contribution in [0.2, 0.25) is 5.02 Å². The first-order chi connectivity index (χ1) is 6.94. The van der Waals surface area contributed by atoms with Crippen LogP contribution in [-0.4, -0.2) is 5.54 Å². The minimum atomic E-state index is -0.450. The largest absolute Gasteiger partial charge is 0.297 e. The third kappa shape index (κ3) is 3.54. The Hall–Kier alpha value is -1.04. The van der Waals surface area contributed by atoms with Gasteiger partial charge in [-0.1, -0.05) is 17.5 Å². The molecular weight excluding hydrogens is 213 g/mol. The lowest BCUT2D eigenvalue weighted by molar-refractivity contribution is 0.479. The fraction of sp³-hybridized carbons (Fsp3) is 0.333. The van der Waals surface area contributed by atoms with Crippen molar-refractivity contribution in [3.63, 3.8) is 0 Å². The number of hydrogen-bond acceptors (Lipinski definition) is 1. The van der Waals surface area contributed by atoms with Crippen molar-refractivity contribution in [3.8, 4) is 12.3 Å². The minimum Gasteiger partial charge on any atom is -0.297 e. The molecule has 0 saturated carbocycles. The highest BCUT2D eigenvalue weighted by Gasteiger charge is 2.13. The van der Waals surface area contributed by atoms with Gasteiger partial charge in [0.25, 0.3) is 0 Å². The number of halogens is 2. The Labute approximate surface area is 94.6 Å². The zero-order valence-corrected chi connectivity index (χ0v) is 9.53. The Balaban J connectivity index is 2.74. The van der Waals surface area contributed by atoms with Crippen LogP contribution in [0.1, 0.15) is 19.4 Å². The van der Waals surface area contributed by atoms with Gasteiger partial charge in [0.2, 0.25) is 0 Å². The predicted molar refractivity (Wildman–Crippen MR) is 61.2 cm³/mol. The van der Waals surface area contributed by atoms with Crippen LogP contribution >= 0.6 is 11.6 Å². The molecule has 0 radical (unpaired) electrons. The summed E-state index contributed by atoms with van der Waals surface area (Å²) in [6.07, 6.45) is 5.31. The van der Waals surface area contributed by atoms with Gasteiger partial charge < -0.3 is 0 Å². The van der Waals surface area contributed by atoms with Crippen LogP contribution in [0, 0.1) is 18.2 Å². The number of rotatable bonds is 3. The molecule has 80 valence electrons. The van der Waals surface area contributed by atoms with Crippen LogP contribution in [0.3, 0.4) is 0 Å². The molecule has 0 aliphatic rings. The molecule has 0 spiro atoms. The smallest absolute Gasteiger partial charge is 0.127 e. The van der Waals surface area contributed by atoms with E-state index in [4.69, 9.17) is 18.0 Å². The zero-order valence-electron chi connectivity index (χ0n) is 8.77. The molecule has 0 bridgehead atoms. The van der Waals surface area contributed by atoms with Crippen molar-refractivity contribution < 1.29 is 4.39 Å². The van der Waals surface area contributed by atoms with E-state index in [1.165, 1.54) is 12.1 Å².